The summed E-state index contributed by atoms with van der Waals surface area (Å²) in [4.78, 5) is 16.9. The molecule has 0 bridgehead atoms. The van der Waals surface area contributed by atoms with Gasteiger partial charge in [-0.05, 0) is 43.4 Å². The fraction of sp³-hybridized carbons (Fsp3) is 0.565. The molecule has 0 unspecified atom stereocenters. The third kappa shape index (κ3) is 5.67. The monoisotopic (exact) mass is 448 g/mol. The second-order valence-corrected chi connectivity index (χ2v) is 9.72. The number of methoxy groups -OCH3 is 2. The molecule has 1 aromatic heterocycles. The van der Waals surface area contributed by atoms with Gasteiger partial charge in [-0.1, -0.05) is 26.7 Å². The molecule has 1 aliphatic carbocycles. The van der Waals surface area contributed by atoms with Crippen LogP contribution in [0.4, 0.5) is 0 Å². The number of oxazole rings is 1. The predicted octanol–water partition coefficient (Wildman–Crippen LogP) is 3.86. The average molecular weight is 449 g/mol. The summed E-state index contributed by atoms with van der Waals surface area (Å²) < 4.78 is 29.0. The van der Waals surface area contributed by atoms with Gasteiger partial charge in [-0.2, -0.15) is 0 Å². The van der Waals surface area contributed by atoms with E-state index in [1.54, 1.807) is 33.3 Å². The van der Waals surface area contributed by atoms with E-state index in [1.165, 1.54) is 6.42 Å². The lowest BCUT2D eigenvalue weighted by Crippen LogP contribution is -2.45. The first kappa shape index (κ1) is 23.3. The van der Waals surface area contributed by atoms with Crippen molar-refractivity contribution in [3.63, 3.8) is 0 Å². The Balaban J connectivity index is 1.62. The van der Waals surface area contributed by atoms with Crippen LogP contribution in [-0.4, -0.2) is 41.1 Å². The molecule has 1 amide bonds. The van der Waals surface area contributed by atoms with Crippen molar-refractivity contribution in [1.82, 2.24) is 10.3 Å². The van der Waals surface area contributed by atoms with Crippen molar-refractivity contribution in [3.05, 3.63) is 29.7 Å². The number of rotatable bonds is 8. The van der Waals surface area contributed by atoms with Crippen LogP contribution >= 0.6 is 0 Å². The summed E-state index contributed by atoms with van der Waals surface area (Å²) in [6, 6.07) is 5.56. The van der Waals surface area contributed by atoms with E-state index in [0.717, 1.165) is 18.4 Å². The van der Waals surface area contributed by atoms with Crippen LogP contribution in [-0.2, 0) is 21.3 Å². The molecule has 0 aliphatic heterocycles. The quantitative estimate of drug-likeness (QED) is 0.660. The zero-order valence-corrected chi connectivity index (χ0v) is 19.7. The average Bonchev–Trinajstić information content (AvgIpc) is 3.10. The highest BCUT2D eigenvalue weighted by molar-refractivity contribution is 7.84. The van der Waals surface area contributed by atoms with Crippen LogP contribution in [0.15, 0.2) is 22.6 Å². The minimum atomic E-state index is -1.37. The molecule has 0 spiro atoms. The van der Waals surface area contributed by atoms with Crippen LogP contribution in [0.2, 0.25) is 0 Å². The van der Waals surface area contributed by atoms with Gasteiger partial charge >= 0.3 is 0 Å². The van der Waals surface area contributed by atoms with E-state index in [1.807, 2.05) is 6.07 Å². The Kier molecular flexibility index (Phi) is 7.75. The number of aromatic nitrogens is 1. The standard InChI is InChI=1S/C23H32N2O5S/c1-14-7-6-8-18(15(14)2)24-22(26)13-31(27)12-19-16(3)30-23(25-19)17-9-10-20(28-4)21(11-17)29-5/h9-11,14-15,18H,6-8,12-13H2,1-5H3,(H,24,26)/t14-,15+,18+,31-/m0/s1. The molecule has 170 valence electrons. The van der Waals surface area contributed by atoms with Gasteiger partial charge in [0, 0.05) is 22.4 Å². The van der Waals surface area contributed by atoms with Gasteiger partial charge in [0.15, 0.2) is 11.5 Å². The van der Waals surface area contributed by atoms with Crippen LogP contribution in [0.25, 0.3) is 11.5 Å². The minimum absolute atomic E-state index is 0.0321. The Morgan fingerprint density at radius 2 is 1.97 bits per heavy atom. The molecule has 31 heavy (non-hydrogen) atoms. The zero-order chi connectivity index (χ0) is 22.5. The number of ether oxygens (including phenoxy) is 2. The van der Waals surface area contributed by atoms with Gasteiger partial charge in [0.25, 0.3) is 0 Å². The molecule has 1 aromatic carbocycles. The SMILES string of the molecule is COc1ccc(-c2nc(C[S@](=O)CC(=O)N[C@@H]3CCC[C@H](C)[C@H]3C)c(C)o2)cc1OC. The Morgan fingerprint density at radius 3 is 2.68 bits per heavy atom. The molecule has 3 rings (SSSR count). The molecule has 1 heterocycles. The number of nitrogens with one attached hydrogen (secondary N) is 1. The lowest BCUT2D eigenvalue weighted by atomic mass is 9.78. The molecule has 2 aromatic rings. The van der Waals surface area contributed by atoms with Gasteiger partial charge < -0.3 is 19.2 Å². The van der Waals surface area contributed by atoms with E-state index in [2.05, 4.69) is 24.1 Å². The Hall–Kier alpha value is -2.35. The van der Waals surface area contributed by atoms with Gasteiger partial charge in [0.2, 0.25) is 11.8 Å². The summed E-state index contributed by atoms with van der Waals surface area (Å²) in [5.41, 5.74) is 1.33. The van der Waals surface area contributed by atoms with Crippen molar-refractivity contribution in [2.75, 3.05) is 20.0 Å². The number of hydrogen-bond acceptors (Lipinski definition) is 6. The smallest absolute Gasteiger partial charge is 0.232 e. The third-order valence-electron chi connectivity index (χ3n) is 6.17. The molecule has 8 heteroatoms. The first-order valence-corrected chi connectivity index (χ1v) is 12.1. The molecule has 4 atom stereocenters. The largest absolute Gasteiger partial charge is 0.493 e. The first-order valence-electron chi connectivity index (χ1n) is 10.7. The van der Waals surface area contributed by atoms with Crippen LogP contribution in [0.1, 0.15) is 44.6 Å². The summed E-state index contributed by atoms with van der Waals surface area (Å²) >= 11 is 0. The molecule has 1 saturated carbocycles. The zero-order valence-electron chi connectivity index (χ0n) is 18.9. The van der Waals surface area contributed by atoms with Crippen LogP contribution in [0.5, 0.6) is 11.5 Å². The Morgan fingerprint density at radius 1 is 1.23 bits per heavy atom. The molecular formula is C23H32N2O5S. The second kappa shape index (κ2) is 10.3. The number of carbonyl (C=O) groups excluding carboxylic acids is 1. The predicted molar refractivity (Wildman–Crippen MR) is 121 cm³/mol. The maximum Gasteiger partial charge on any atom is 0.232 e. The molecule has 1 aliphatic rings. The maximum atomic E-state index is 12.6. The fourth-order valence-corrected chi connectivity index (χ4v) is 5.09. The Labute approximate surface area is 186 Å². The van der Waals surface area contributed by atoms with Crippen LogP contribution in [0, 0.1) is 18.8 Å². The normalized spacial score (nSPS) is 22.0. The minimum Gasteiger partial charge on any atom is -0.493 e. The lowest BCUT2D eigenvalue weighted by molar-refractivity contribution is -0.120. The fourth-order valence-electron chi connectivity index (χ4n) is 4.04. The Bertz CT molecular complexity index is 942. The third-order valence-corrected chi connectivity index (χ3v) is 7.35. The summed E-state index contributed by atoms with van der Waals surface area (Å²) in [5, 5.41) is 3.08. The highest BCUT2D eigenvalue weighted by atomic mass is 32.2. The van der Waals surface area contributed by atoms with Crippen molar-refractivity contribution >= 4 is 16.7 Å². The van der Waals surface area contributed by atoms with Crippen LogP contribution in [0.3, 0.4) is 0 Å². The van der Waals surface area contributed by atoms with Gasteiger partial charge in [0.05, 0.1) is 25.7 Å². The van der Waals surface area contributed by atoms with Gasteiger partial charge in [0.1, 0.15) is 11.5 Å². The van der Waals surface area contributed by atoms with E-state index in [-0.39, 0.29) is 23.5 Å². The molecule has 0 radical (unpaired) electrons. The van der Waals surface area contributed by atoms with Gasteiger partial charge in [-0.25, -0.2) is 4.98 Å². The van der Waals surface area contributed by atoms with Crippen molar-refractivity contribution < 1.29 is 22.9 Å². The van der Waals surface area contributed by atoms with Crippen LogP contribution < -0.4 is 14.8 Å². The first-order chi connectivity index (χ1) is 14.8. The molecule has 7 nitrogen and oxygen atoms in total. The number of benzene rings is 1. The van der Waals surface area contributed by atoms with E-state index >= 15 is 0 Å². The van der Waals surface area contributed by atoms with Crippen molar-refractivity contribution in [3.8, 4) is 23.0 Å². The summed E-state index contributed by atoms with van der Waals surface area (Å²) in [5.74, 6) is 3.21. The van der Waals surface area contributed by atoms with Crippen molar-refractivity contribution in [1.29, 1.82) is 0 Å². The van der Waals surface area contributed by atoms with Crippen molar-refractivity contribution in [2.45, 2.75) is 51.8 Å². The number of aryl methyl sites for hydroxylation is 1. The summed E-state index contributed by atoms with van der Waals surface area (Å²) in [7, 11) is 1.77. The van der Waals surface area contributed by atoms with E-state index in [4.69, 9.17) is 13.9 Å². The lowest BCUT2D eigenvalue weighted by Gasteiger charge is -2.34. The highest BCUT2D eigenvalue weighted by Gasteiger charge is 2.28. The molecule has 1 N–H and O–H groups in total. The van der Waals surface area contributed by atoms with E-state index < -0.39 is 10.8 Å². The van der Waals surface area contributed by atoms with E-state index in [0.29, 0.717) is 40.7 Å². The number of amides is 1. The second-order valence-electron chi connectivity index (χ2n) is 8.26. The number of nitrogens with zero attached hydrogens (tertiary/aromatic N) is 1. The summed E-state index contributed by atoms with van der Waals surface area (Å²) in [6.45, 7) is 6.19. The molecular weight excluding hydrogens is 416 g/mol. The number of carbonyl (C=O) groups is 1. The maximum absolute atomic E-state index is 12.6. The van der Waals surface area contributed by atoms with Gasteiger partial charge in [-0.15, -0.1) is 0 Å². The van der Waals surface area contributed by atoms with E-state index in [9.17, 15) is 9.00 Å². The summed E-state index contributed by atoms with van der Waals surface area (Å²) in [6.07, 6.45) is 3.31. The molecule has 0 saturated heterocycles. The molecule has 1 fully saturated rings. The highest BCUT2D eigenvalue weighted by Crippen LogP contribution is 2.33. The van der Waals surface area contributed by atoms with Crippen molar-refractivity contribution in [2.24, 2.45) is 11.8 Å². The van der Waals surface area contributed by atoms with Gasteiger partial charge in [-0.3, -0.25) is 9.00 Å². The topological polar surface area (TPSA) is 90.7 Å². The number of hydrogen-bond donors (Lipinski definition) is 1.